The molecule has 118 valence electrons. The summed E-state index contributed by atoms with van der Waals surface area (Å²) >= 11 is 0. The summed E-state index contributed by atoms with van der Waals surface area (Å²) in [5.41, 5.74) is 2.54. The highest BCUT2D eigenvalue weighted by atomic mass is 16.1. The van der Waals surface area contributed by atoms with E-state index in [-0.39, 0.29) is 5.91 Å². The van der Waals surface area contributed by atoms with Crippen LogP contribution in [-0.2, 0) is 19.6 Å². The number of rotatable bonds is 6. The number of carbonyl (C=O) groups excluding carboxylic acids is 1. The lowest BCUT2D eigenvalue weighted by Gasteiger charge is -2.06. The van der Waals surface area contributed by atoms with Crippen LogP contribution in [0.4, 0.5) is 0 Å². The monoisotopic (exact) mass is 309 g/mol. The maximum atomic E-state index is 12.3. The molecule has 0 aliphatic rings. The van der Waals surface area contributed by atoms with Crippen LogP contribution in [0.15, 0.2) is 55.0 Å². The number of aromatic nitrogens is 4. The van der Waals surface area contributed by atoms with E-state index in [1.165, 1.54) is 0 Å². The first-order valence-corrected chi connectivity index (χ1v) is 7.61. The van der Waals surface area contributed by atoms with E-state index in [9.17, 15) is 4.79 Å². The first-order chi connectivity index (χ1) is 11.2. The molecule has 0 atom stereocenters. The number of hydrogen-bond acceptors (Lipinski definition) is 3. The molecule has 3 aromatic rings. The fourth-order valence-electron chi connectivity index (χ4n) is 2.34. The Bertz CT molecular complexity index is 776. The van der Waals surface area contributed by atoms with E-state index in [0.717, 1.165) is 17.8 Å². The third kappa shape index (κ3) is 3.85. The first kappa shape index (κ1) is 15.0. The average Bonchev–Trinajstić information content (AvgIpc) is 3.24. The lowest BCUT2D eigenvalue weighted by molar-refractivity contribution is 0.0950. The Kier molecular flexibility index (Phi) is 4.52. The van der Waals surface area contributed by atoms with Gasteiger partial charge in [-0.1, -0.05) is 12.1 Å². The molecule has 2 aromatic heterocycles. The van der Waals surface area contributed by atoms with Crippen LogP contribution >= 0.6 is 0 Å². The Morgan fingerprint density at radius 2 is 2.09 bits per heavy atom. The van der Waals surface area contributed by atoms with Gasteiger partial charge < -0.3 is 5.32 Å². The zero-order valence-corrected chi connectivity index (χ0v) is 13.0. The molecule has 0 aliphatic carbocycles. The van der Waals surface area contributed by atoms with Crippen LogP contribution in [0.5, 0.6) is 0 Å². The number of nitrogens with zero attached hydrogens (tertiary/aromatic N) is 4. The number of benzene rings is 1. The quantitative estimate of drug-likeness (QED) is 0.758. The molecule has 2 heterocycles. The Balaban J connectivity index is 1.62. The highest BCUT2D eigenvalue weighted by molar-refractivity contribution is 5.94. The molecule has 1 aromatic carbocycles. The summed E-state index contributed by atoms with van der Waals surface area (Å²) in [7, 11) is 0. The molecule has 1 N–H and O–H groups in total. The number of nitrogens with one attached hydrogen (secondary N) is 1. The van der Waals surface area contributed by atoms with Gasteiger partial charge in [-0.3, -0.25) is 14.2 Å². The van der Waals surface area contributed by atoms with E-state index in [4.69, 9.17) is 0 Å². The third-order valence-corrected chi connectivity index (χ3v) is 3.54. The number of aryl methyl sites for hydroxylation is 1. The summed E-state index contributed by atoms with van der Waals surface area (Å²) in [6, 6.07) is 11.4. The molecular formula is C17H19N5O. The van der Waals surface area contributed by atoms with Crippen molar-refractivity contribution >= 4 is 5.91 Å². The summed E-state index contributed by atoms with van der Waals surface area (Å²) in [5, 5.41) is 11.4. The molecule has 0 bridgehead atoms. The molecule has 23 heavy (non-hydrogen) atoms. The molecule has 0 unspecified atom stereocenters. The largest absolute Gasteiger partial charge is 0.346 e. The standard InChI is InChI=1S/C17H19N5O/c1-2-21-10-7-16(20-21)12-18-17(23)15-6-3-5-14(11-15)13-22-9-4-8-19-22/h3-11H,2,12-13H2,1H3,(H,18,23). The summed E-state index contributed by atoms with van der Waals surface area (Å²) in [6.07, 6.45) is 5.55. The van der Waals surface area contributed by atoms with Gasteiger partial charge in [0.1, 0.15) is 0 Å². The van der Waals surface area contributed by atoms with Gasteiger partial charge in [-0.2, -0.15) is 10.2 Å². The summed E-state index contributed by atoms with van der Waals surface area (Å²) in [6.45, 7) is 3.92. The predicted octanol–water partition coefficient (Wildman–Crippen LogP) is 2.08. The van der Waals surface area contributed by atoms with Crippen molar-refractivity contribution < 1.29 is 4.79 Å². The maximum Gasteiger partial charge on any atom is 0.251 e. The van der Waals surface area contributed by atoms with Crippen LogP contribution in [0.2, 0.25) is 0 Å². The van der Waals surface area contributed by atoms with Gasteiger partial charge in [0, 0.05) is 30.7 Å². The van der Waals surface area contributed by atoms with Crippen molar-refractivity contribution in [1.29, 1.82) is 0 Å². The average molecular weight is 309 g/mol. The van der Waals surface area contributed by atoms with Gasteiger partial charge in [0.05, 0.1) is 18.8 Å². The van der Waals surface area contributed by atoms with Gasteiger partial charge in [0.15, 0.2) is 0 Å². The number of amides is 1. The van der Waals surface area contributed by atoms with Gasteiger partial charge >= 0.3 is 0 Å². The fourth-order valence-corrected chi connectivity index (χ4v) is 2.34. The van der Waals surface area contributed by atoms with Crippen LogP contribution in [0.1, 0.15) is 28.5 Å². The first-order valence-electron chi connectivity index (χ1n) is 7.61. The van der Waals surface area contributed by atoms with Crippen LogP contribution < -0.4 is 5.32 Å². The van der Waals surface area contributed by atoms with Crippen LogP contribution in [0.3, 0.4) is 0 Å². The summed E-state index contributed by atoms with van der Waals surface area (Å²) in [5.74, 6) is -0.0987. The normalized spacial score (nSPS) is 10.7. The zero-order valence-electron chi connectivity index (χ0n) is 13.0. The fraction of sp³-hybridized carbons (Fsp3) is 0.235. The second-order valence-corrected chi connectivity index (χ2v) is 5.25. The smallest absolute Gasteiger partial charge is 0.251 e. The Labute approximate surface area is 134 Å². The molecule has 0 fully saturated rings. The van der Waals surface area contributed by atoms with Crippen molar-refractivity contribution in [3.05, 3.63) is 71.8 Å². The SMILES string of the molecule is CCn1ccc(CNC(=O)c2cccc(Cn3cccn3)c2)n1. The van der Waals surface area contributed by atoms with Gasteiger partial charge in [0.2, 0.25) is 0 Å². The second-order valence-electron chi connectivity index (χ2n) is 5.25. The molecule has 3 rings (SSSR count). The van der Waals surface area contributed by atoms with Crippen molar-refractivity contribution in [1.82, 2.24) is 24.9 Å². The van der Waals surface area contributed by atoms with Crippen LogP contribution in [-0.4, -0.2) is 25.5 Å². The van der Waals surface area contributed by atoms with E-state index in [1.54, 1.807) is 6.20 Å². The van der Waals surface area contributed by atoms with Crippen LogP contribution in [0.25, 0.3) is 0 Å². The van der Waals surface area contributed by atoms with Gasteiger partial charge in [0.25, 0.3) is 5.91 Å². The molecule has 1 amide bonds. The predicted molar refractivity (Wildman–Crippen MR) is 86.8 cm³/mol. The minimum absolute atomic E-state index is 0.0987. The van der Waals surface area contributed by atoms with E-state index in [1.807, 2.05) is 65.1 Å². The number of carbonyl (C=O) groups is 1. The Morgan fingerprint density at radius 3 is 2.83 bits per heavy atom. The molecule has 0 spiro atoms. The minimum Gasteiger partial charge on any atom is -0.346 e. The van der Waals surface area contributed by atoms with Crippen molar-refractivity contribution in [3.63, 3.8) is 0 Å². The van der Waals surface area contributed by atoms with Gasteiger partial charge in [-0.05, 0) is 36.8 Å². The molecule has 6 nitrogen and oxygen atoms in total. The minimum atomic E-state index is -0.0987. The Morgan fingerprint density at radius 1 is 1.17 bits per heavy atom. The molecule has 0 radical (unpaired) electrons. The molecule has 0 saturated carbocycles. The summed E-state index contributed by atoms with van der Waals surface area (Å²) in [4.78, 5) is 12.3. The summed E-state index contributed by atoms with van der Waals surface area (Å²) < 4.78 is 3.67. The van der Waals surface area contributed by atoms with Gasteiger partial charge in [-0.15, -0.1) is 0 Å². The van der Waals surface area contributed by atoms with E-state index < -0.39 is 0 Å². The van der Waals surface area contributed by atoms with Gasteiger partial charge in [-0.25, -0.2) is 0 Å². The van der Waals surface area contributed by atoms with Crippen molar-refractivity contribution in [3.8, 4) is 0 Å². The van der Waals surface area contributed by atoms with Crippen LogP contribution in [0, 0.1) is 0 Å². The van der Waals surface area contributed by atoms with E-state index in [2.05, 4.69) is 15.5 Å². The highest BCUT2D eigenvalue weighted by Crippen LogP contribution is 2.07. The topological polar surface area (TPSA) is 64.7 Å². The Hall–Kier alpha value is -2.89. The molecular weight excluding hydrogens is 290 g/mol. The highest BCUT2D eigenvalue weighted by Gasteiger charge is 2.07. The zero-order chi connectivity index (χ0) is 16.1. The van der Waals surface area contributed by atoms with E-state index >= 15 is 0 Å². The maximum absolute atomic E-state index is 12.3. The lowest BCUT2D eigenvalue weighted by atomic mass is 10.1. The lowest BCUT2D eigenvalue weighted by Crippen LogP contribution is -2.23. The molecule has 6 heteroatoms. The van der Waals surface area contributed by atoms with Crippen molar-refractivity contribution in [2.45, 2.75) is 26.6 Å². The number of hydrogen-bond donors (Lipinski definition) is 1. The third-order valence-electron chi connectivity index (χ3n) is 3.54. The van der Waals surface area contributed by atoms with E-state index in [0.29, 0.717) is 18.7 Å². The van der Waals surface area contributed by atoms with Crippen molar-refractivity contribution in [2.24, 2.45) is 0 Å². The molecule has 0 aliphatic heterocycles. The molecule has 0 saturated heterocycles. The van der Waals surface area contributed by atoms with Crippen molar-refractivity contribution in [2.75, 3.05) is 0 Å². The second kappa shape index (κ2) is 6.91.